The smallest absolute Gasteiger partial charge is 0.0367 e. The van der Waals surface area contributed by atoms with E-state index in [9.17, 15) is 0 Å². The summed E-state index contributed by atoms with van der Waals surface area (Å²) < 4.78 is 0. The molecule has 3 rings (SSSR count). The molecule has 0 N–H and O–H groups in total. The van der Waals surface area contributed by atoms with E-state index < -0.39 is 0 Å². The van der Waals surface area contributed by atoms with Gasteiger partial charge in [-0.05, 0) is 61.0 Å². The molecule has 146 valence electrons. The van der Waals surface area contributed by atoms with Crippen LogP contribution in [0.1, 0.15) is 95.1 Å². The summed E-state index contributed by atoms with van der Waals surface area (Å²) in [6.07, 6.45) is 16.1. The van der Waals surface area contributed by atoms with E-state index >= 15 is 0 Å². The quantitative estimate of drug-likeness (QED) is 0.410. The maximum Gasteiger partial charge on any atom is 0.0367 e. The van der Waals surface area contributed by atoms with Gasteiger partial charge in [-0.1, -0.05) is 94.8 Å². The zero-order chi connectivity index (χ0) is 18.2. The van der Waals surface area contributed by atoms with E-state index in [2.05, 4.69) is 38.1 Å². The molecule has 1 aliphatic heterocycles. The lowest BCUT2D eigenvalue weighted by Gasteiger charge is -2.32. The first-order chi connectivity index (χ1) is 12.8. The van der Waals surface area contributed by atoms with Crippen LogP contribution in [0.25, 0.3) is 0 Å². The molecule has 1 heterocycles. The van der Waals surface area contributed by atoms with Gasteiger partial charge in [-0.15, -0.1) is 0 Å². The van der Waals surface area contributed by atoms with E-state index in [-0.39, 0.29) is 8.80 Å². The van der Waals surface area contributed by atoms with Gasteiger partial charge in [0.25, 0.3) is 0 Å². The molecule has 1 saturated carbocycles. The number of rotatable bonds is 8. The molecule has 0 amide bonds. The van der Waals surface area contributed by atoms with Gasteiger partial charge < -0.3 is 0 Å². The lowest BCUT2D eigenvalue weighted by molar-refractivity contribution is 0.280. The Hall–Kier alpha value is -0.563. The average molecular weight is 371 g/mol. The van der Waals surface area contributed by atoms with Gasteiger partial charge in [0.05, 0.1) is 0 Å². The molecular weight excluding hydrogens is 328 g/mol. The van der Waals surface area contributed by atoms with E-state index in [1.54, 1.807) is 43.0 Å². The summed E-state index contributed by atoms with van der Waals surface area (Å²) >= 11 is 0. The monoisotopic (exact) mass is 370 g/mol. The fraction of sp³-hybridized carbons (Fsp3) is 0.760. The summed E-state index contributed by atoms with van der Waals surface area (Å²) in [5, 5.41) is 0. The number of benzene rings is 1. The minimum Gasteiger partial charge on any atom is -0.0657 e. The normalized spacial score (nSPS) is 29.6. The van der Waals surface area contributed by atoms with Crippen LogP contribution in [-0.4, -0.2) is 8.80 Å². The summed E-state index contributed by atoms with van der Waals surface area (Å²) in [6, 6.07) is 14.6. The fourth-order valence-electron chi connectivity index (χ4n) is 5.72. The second-order valence-electron chi connectivity index (χ2n) is 9.46. The van der Waals surface area contributed by atoms with E-state index in [1.165, 1.54) is 56.9 Å². The molecule has 1 aromatic rings. The van der Waals surface area contributed by atoms with Gasteiger partial charge in [0, 0.05) is 8.80 Å². The van der Waals surface area contributed by atoms with Crippen LogP contribution in [0.4, 0.5) is 0 Å². The summed E-state index contributed by atoms with van der Waals surface area (Å²) in [7, 11) is -0.276. The summed E-state index contributed by atoms with van der Waals surface area (Å²) in [6.45, 7) is 4.66. The molecule has 0 atom stereocenters. The molecule has 0 bridgehead atoms. The van der Waals surface area contributed by atoms with Crippen molar-refractivity contribution in [3.05, 3.63) is 35.4 Å². The Kier molecular flexibility index (Phi) is 8.30. The van der Waals surface area contributed by atoms with E-state index in [4.69, 9.17) is 0 Å². The highest BCUT2D eigenvalue weighted by Gasteiger charge is 2.25. The van der Waals surface area contributed by atoms with Gasteiger partial charge in [0.15, 0.2) is 0 Å². The van der Waals surface area contributed by atoms with Crippen LogP contribution in [0.2, 0.25) is 18.1 Å². The van der Waals surface area contributed by atoms with Crippen molar-refractivity contribution in [2.45, 2.75) is 109 Å². The van der Waals surface area contributed by atoms with E-state index in [1.807, 2.05) is 0 Å². The van der Waals surface area contributed by atoms with Crippen molar-refractivity contribution in [2.75, 3.05) is 0 Å². The van der Waals surface area contributed by atoms with Crippen LogP contribution >= 0.6 is 0 Å². The topological polar surface area (TPSA) is 0 Å². The van der Waals surface area contributed by atoms with Crippen molar-refractivity contribution >= 4 is 8.80 Å². The van der Waals surface area contributed by atoms with Crippen LogP contribution in [0.15, 0.2) is 24.3 Å². The molecule has 2 fully saturated rings. The first kappa shape index (κ1) is 20.2. The number of aryl methyl sites for hydroxylation is 1. The van der Waals surface area contributed by atoms with Crippen LogP contribution in [0, 0.1) is 11.8 Å². The molecule has 1 aliphatic carbocycles. The highest BCUT2D eigenvalue weighted by Crippen LogP contribution is 2.39. The molecule has 0 aromatic heterocycles. The van der Waals surface area contributed by atoms with Gasteiger partial charge in [0.1, 0.15) is 0 Å². The highest BCUT2D eigenvalue weighted by atomic mass is 28.3. The van der Waals surface area contributed by atoms with Gasteiger partial charge in [-0.25, -0.2) is 0 Å². The maximum absolute atomic E-state index is 2.43. The second-order valence-corrected chi connectivity index (χ2v) is 12.9. The predicted octanol–water partition coefficient (Wildman–Crippen LogP) is 7.74. The standard InChI is InChI=1S/C25H42Si/c1-3-5-21-8-12-24(13-9-21)25-14-10-22(11-15-25)6-7-23-16-19-26(18-4-2)20-17-23/h8-9,12-13,22-23,25-26H,3-7,10-11,14-20H2,1-2H3. The molecule has 0 radical (unpaired) electrons. The zero-order valence-electron chi connectivity index (χ0n) is 17.5. The molecule has 0 nitrogen and oxygen atoms in total. The van der Waals surface area contributed by atoms with Crippen molar-refractivity contribution < 1.29 is 0 Å². The molecule has 1 saturated heterocycles. The van der Waals surface area contributed by atoms with E-state index in [0.29, 0.717) is 0 Å². The Morgan fingerprint density at radius 2 is 1.38 bits per heavy atom. The molecular formula is C25H42Si. The third-order valence-corrected chi connectivity index (χ3v) is 11.2. The van der Waals surface area contributed by atoms with Crippen LogP contribution in [0.5, 0.6) is 0 Å². The molecule has 2 aliphatic rings. The first-order valence-electron chi connectivity index (χ1n) is 11.9. The molecule has 1 heteroatoms. The lowest BCUT2D eigenvalue weighted by Crippen LogP contribution is -2.22. The zero-order valence-corrected chi connectivity index (χ0v) is 18.7. The van der Waals surface area contributed by atoms with Crippen molar-refractivity contribution in [3.8, 4) is 0 Å². The summed E-state index contributed by atoms with van der Waals surface area (Å²) in [5.41, 5.74) is 3.13. The molecule has 0 spiro atoms. The third-order valence-electron chi connectivity index (χ3n) is 7.48. The van der Waals surface area contributed by atoms with Gasteiger partial charge in [0.2, 0.25) is 0 Å². The van der Waals surface area contributed by atoms with Crippen LogP contribution < -0.4 is 0 Å². The molecule has 0 unspecified atom stereocenters. The van der Waals surface area contributed by atoms with E-state index in [0.717, 1.165) is 17.8 Å². The SMILES string of the molecule is CCCc1ccc(C2CCC(CCC3CC[SiH](CCC)CC3)CC2)cc1. The Bertz CT molecular complexity index is 489. The van der Waals surface area contributed by atoms with Crippen LogP contribution in [-0.2, 0) is 6.42 Å². The van der Waals surface area contributed by atoms with Gasteiger partial charge in [-0.3, -0.25) is 0 Å². The van der Waals surface area contributed by atoms with Crippen molar-refractivity contribution in [1.29, 1.82) is 0 Å². The van der Waals surface area contributed by atoms with Crippen molar-refractivity contribution in [3.63, 3.8) is 0 Å². The Labute approximate surface area is 164 Å². The summed E-state index contributed by atoms with van der Waals surface area (Å²) in [4.78, 5) is 0. The molecule has 1 aromatic carbocycles. The van der Waals surface area contributed by atoms with Gasteiger partial charge >= 0.3 is 0 Å². The average Bonchev–Trinajstić information content (AvgIpc) is 2.69. The largest absolute Gasteiger partial charge is 0.0657 e. The molecule has 26 heavy (non-hydrogen) atoms. The predicted molar refractivity (Wildman–Crippen MR) is 119 cm³/mol. The summed E-state index contributed by atoms with van der Waals surface area (Å²) in [5.74, 6) is 2.98. The number of hydrogen-bond donors (Lipinski definition) is 0. The van der Waals surface area contributed by atoms with Crippen LogP contribution in [0.3, 0.4) is 0 Å². The Morgan fingerprint density at radius 3 is 1.96 bits per heavy atom. The highest BCUT2D eigenvalue weighted by molar-refractivity contribution is 6.58. The van der Waals surface area contributed by atoms with Crippen molar-refractivity contribution in [2.24, 2.45) is 11.8 Å². The Balaban J connectivity index is 1.35. The fourth-order valence-corrected chi connectivity index (χ4v) is 9.29. The Morgan fingerprint density at radius 1 is 0.769 bits per heavy atom. The third kappa shape index (κ3) is 5.97. The minimum atomic E-state index is -0.276. The van der Waals surface area contributed by atoms with Crippen molar-refractivity contribution in [1.82, 2.24) is 0 Å². The number of hydrogen-bond acceptors (Lipinski definition) is 0. The minimum absolute atomic E-state index is 0.276. The van der Waals surface area contributed by atoms with Gasteiger partial charge in [-0.2, -0.15) is 0 Å². The lowest BCUT2D eigenvalue weighted by atomic mass is 9.76. The first-order valence-corrected chi connectivity index (χ1v) is 14.3. The second kappa shape index (κ2) is 10.7. The maximum atomic E-state index is 2.43.